The van der Waals surface area contributed by atoms with Gasteiger partial charge in [0.1, 0.15) is 0 Å². The Labute approximate surface area is 179 Å². The van der Waals surface area contributed by atoms with Crippen LogP contribution < -0.4 is 0 Å². The van der Waals surface area contributed by atoms with Crippen molar-refractivity contribution in [3.63, 3.8) is 0 Å². The molecular weight excluding hydrogens is 362 g/mol. The van der Waals surface area contributed by atoms with Gasteiger partial charge in [-0.1, -0.05) is 110 Å². The molecule has 0 saturated carbocycles. The molecule has 0 heterocycles. The van der Waals surface area contributed by atoms with Crippen LogP contribution in [0.4, 0.5) is 0 Å². The Kier molecular flexibility index (Phi) is 5.90. The van der Waals surface area contributed by atoms with E-state index in [0.29, 0.717) is 0 Å². The third-order valence-electron chi connectivity index (χ3n) is 5.53. The van der Waals surface area contributed by atoms with Crippen LogP contribution in [0.2, 0.25) is 0 Å². The first-order chi connectivity index (χ1) is 14.7. The maximum atomic E-state index is 5.10. The third kappa shape index (κ3) is 4.11. The second-order valence-electron chi connectivity index (χ2n) is 7.56. The summed E-state index contributed by atoms with van der Waals surface area (Å²) in [5, 5.41) is 2.48. The summed E-state index contributed by atoms with van der Waals surface area (Å²) >= 11 is 0. The quantitative estimate of drug-likeness (QED) is 0.306. The molecule has 0 aliphatic heterocycles. The molecule has 0 spiro atoms. The van der Waals surface area contributed by atoms with Crippen molar-refractivity contribution in [1.82, 2.24) is 0 Å². The molecule has 4 rings (SSSR count). The molecule has 30 heavy (non-hydrogen) atoms. The molecule has 4 aromatic rings. The van der Waals surface area contributed by atoms with E-state index in [2.05, 4.69) is 118 Å². The van der Waals surface area contributed by atoms with E-state index in [4.69, 9.17) is 4.99 Å². The molecule has 0 fully saturated rings. The number of benzene rings is 4. The molecule has 1 nitrogen and oxygen atoms in total. The van der Waals surface area contributed by atoms with Crippen LogP contribution in [0.3, 0.4) is 0 Å². The lowest BCUT2D eigenvalue weighted by Crippen LogP contribution is -2.00. The fraction of sp³-hybridized carbons (Fsp3) is 0.138. The molecule has 0 saturated heterocycles. The van der Waals surface area contributed by atoms with Gasteiger partial charge >= 0.3 is 0 Å². The van der Waals surface area contributed by atoms with Crippen molar-refractivity contribution in [3.05, 3.63) is 114 Å². The first kappa shape index (κ1) is 19.8. The molecule has 0 unspecified atom stereocenters. The van der Waals surface area contributed by atoms with Gasteiger partial charge in [0.25, 0.3) is 0 Å². The summed E-state index contributed by atoms with van der Waals surface area (Å²) in [6, 6.07) is 32.4. The Hall–Kier alpha value is -3.45. The summed E-state index contributed by atoms with van der Waals surface area (Å²) in [7, 11) is 0. The molecule has 0 aliphatic rings. The van der Waals surface area contributed by atoms with Gasteiger partial charge in [-0.3, -0.25) is 4.99 Å². The van der Waals surface area contributed by atoms with E-state index >= 15 is 0 Å². The highest BCUT2D eigenvalue weighted by atomic mass is 14.8. The van der Waals surface area contributed by atoms with Crippen molar-refractivity contribution in [2.24, 2.45) is 4.99 Å². The van der Waals surface area contributed by atoms with Crippen molar-refractivity contribution in [2.75, 3.05) is 0 Å². The van der Waals surface area contributed by atoms with E-state index in [0.717, 1.165) is 17.8 Å². The van der Waals surface area contributed by atoms with Crippen molar-refractivity contribution >= 4 is 22.2 Å². The Morgan fingerprint density at radius 2 is 1.40 bits per heavy atom. The Bertz CT molecular complexity index is 1200. The molecule has 0 N–H and O–H groups in total. The minimum Gasteiger partial charge on any atom is -0.253 e. The Morgan fingerprint density at radius 1 is 0.767 bits per heavy atom. The second kappa shape index (κ2) is 8.92. The Balaban J connectivity index is 1.69. The van der Waals surface area contributed by atoms with Gasteiger partial charge < -0.3 is 0 Å². The summed E-state index contributed by atoms with van der Waals surface area (Å²) in [6.45, 7) is 6.35. The van der Waals surface area contributed by atoms with E-state index in [1.807, 2.05) is 0 Å². The summed E-state index contributed by atoms with van der Waals surface area (Å²) < 4.78 is 0. The number of hydrogen-bond donors (Lipinski definition) is 0. The Morgan fingerprint density at radius 3 is 2.07 bits per heavy atom. The molecule has 1 heteroatoms. The van der Waals surface area contributed by atoms with E-state index < -0.39 is 0 Å². The number of nitrogens with zero attached hydrogens (tertiary/aromatic N) is 1. The number of aryl methyl sites for hydroxylation is 1. The lowest BCUT2D eigenvalue weighted by Gasteiger charge is -2.11. The average Bonchev–Trinajstić information content (AvgIpc) is 2.80. The van der Waals surface area contributed by atoms with Crippen LogP contribution in [0, 0.1) is 6.92 Å². The van der Waals surface area contributed by atoms with Gasteiger partial charge in [-0.15, -0.1) is 0 Å². The van der Waals surface area contributed by atoms with Gasteiger partial charge in [0.15, 0.2) is 0 Å². The van der Waals surface area contributed by atoms with Gasteiger partial charge in [-0.2, -0.15) is 0 Å². The van der Waals surface area contributed by atoms with Crippen molar-refractivity contribution in [1.29, 1.82) is 0 Å². The van der Waals surface area contributed by atoms with Crippen LogP contribution in [0.1, 0.15) is 37.0 Å². The smallest absolute Gasteiger partial charge is 0.0669 e. The minimum atomic E-state index is 0.881. The SMILES string of the molecule is C/C=C(\N=C(CC)c1ccc(-c2ccc(C)cc2)cc1)c1cccc2ccccc12. The van der Waals surface area contributed by atoms with Crippen LogP contribution in [0.25, 0.3) is 27.6 Å². The molecule has 0 aliphatic carbocycles. The number of allylic oxidation sites excluding steroid dienone is 1. The van der Waals surface area contributed by atoms with Crippen LogP contribution >= 0.6 is 0 Å². The predicted octanol–water partition coefficient (Wildman–Crippen LogP) is 8.08. The zero-order valence-corrected chi connectivity index (χ0v) is 17.9. The van der Waals surface area contributed by atoms with Crippen LogP contribution in [0.15, 0.2) is 102 Å². The van der Waals surface area contributed by atoms with Crippen LogP contribution in [-0.2, 0) is 0 Å². The fourth-order valence-electron chi connectivity index (χ4n) is 3.82. The summed E-state index contributed by atoms with van der Waals surface area (Å²) in [5.41, 5.74) is 8.23. The van der Waals surface area contributed by atoms with Gasteiger partial charge in [-0.25, -0.2) is 0 Å². The lowest BCUT2D eigenvalue weighted by molar-refractivity contribution is 1.26. The first-order valence-corrected chi connectivity index (χ1v) is 10.6. The third-order valence-corrected chi connectivity index (χ3v) is 5.53. The van der Waals surface area contributed by atoms with E-state index in [1.54, 1.807) is 0 Å². The summed E-state index contributed by atoms with van der Waals surface area (Å²) in [6.07, 6.45) is 2.99. The summed E-state index contributed by atoms with van der Waals surface area (Å²) in [5.74, 6) is 0. The van der Waals surface area contributed by atoms with Crippen LogP contribution in [-0.4, -0.2) is 5.71 Å². The fourth-order valence-corrected chi connectivity index (χ4v) is 3.82. The highest BCUT2D eigenvalue weighted by molar-refractivity contribution is 6.05. The zero-order valence-electron chi connectivity index (χ0n) is 17.9. The monoisotopic (exact) mass is 389 g/mol. The molecule has 4 aromatic carbocycles. The zero-order chi connectivity index (χ0) is 20.9. The second-order valence-corrected chi connectivity index (χ2v) is 7.56. The highest BCUT2D eigenvalue weighted by Crippen LogP contribution is 2.27. The van der Waals surface area contributed by atoms with Gasteiger partial charge in [0, 0.05) is 11.3 Å². The van der Waals surface area contributed by atoms with Gasteiger partial charge in [0.2, 0.25) is 0 Å². The van der Waals surface area contributed by atoms with Gasteiger partial charge in [0.05, 0.1) is 5.70 Å². The molecule has 148 valence electrons. The van der Waals surface area contributed by atoms with Crippen molar-refractivity contribution in [2.45, 2.75) is 27.2 Å². The number of rotatable bonds is 5. The first-order valence-electron chi connectivity index (χ1n) is 10.6. The lowest BCUT2D eigenvalue weighted by atomic mass is 9.99. The standard InChI is InChI=1S/C29H27N/c1-4-28(25-19-17-23(18-20-25)22-15-13-21(3)14-16-22)30-29(5-2)27-12-8-10-24-9-6-7-11-26(24)27/h5-20H,4H2,1-3H3/b29-5-,30-28?. The number of fused-ring (bicyclic) bond motifs is 1. The van der Waals surface area contributed by atoms with Crippen LogP contribution in [0.5, 0.6) is 0 Å². The predicted molar refractivity (Wildman–Crippen MR) is 131 cm³/mol. The maximum absolute atomic E-state index is 5.10. The van der Waals surface area contributed by atoms with Crippen molar-refractivity contribution in [3.8, 4) is 11.1 Å². The molecule has 0 bridgehead atoms. The largest absolute Gasteiger partial charge is 0.253 e. The molecule has 0 radical (unpaired) electrons. The topological polar surface area (TPSA) is 12.4 Å². The van der Waals surface area contributed by atoms with Gasteiger partial charge in [-0.05, 0) is 47.7 Å². The van der Waals surface area contributed by atoms with E-state index in [9.17, 15) is 0 Å². The molecule has 0 atom stereocenters. The molecule has 0 aromatic heterocycles. The number of hydrogen-bond acceptors (Lipinski definition) is 1. The normalized spacial score (nSPS) is 12.4. The van der Waals surface area contributed by atoms with Crippen molar-refractivity contribution < 1.29 is 0 Å². The van der Waals surface area contributed by atoms with E-state index in [-0.39, 0.29) is 0 Å². The maximum Gasteiger partial charge on any atom is 0.0669 e. The average molecular weight is 390 g/mol. The molecule has 0 amide bonds. The molecular formula is C29H27N. The van der Waals surface area contributed by atoms with E-state index in [1.165, 1.54) is 38.6 Å². The highest BCUT2D eigenvalue weighted by Gasteiger charge is 2.08. The minimum absolute atomic E-state index is 0.881. The number of aliphatic imine (C=N–C) groups is 1. The summed E-state index contributed by atoms with van der Waals surface area (Å²) in [4.78, 5) is 5.10.